The summed E-state index contributed by atoms with van der Waals surface area (Å²) in [5.41, 5.74) is 0.243. The normalized spacial score (nSPS) is 10.3. The van der Waals surface area contributed by atoms with Gasteiger partial charge in [-0.2, -0.15) is 0 Å². The molecule has 0 spiro atoms. The molecule has 0 aliphatic carbocycles. The van der Waals surface area contributed by atoms with Crippen molar-refractivity contribution < 1.29 is 19.1 Å². The van der Waals surface area contributed by atoms with Crippen molar-refractivity contribution in [1.82, 2.24) is 10.3 Å². The van der Waals surface area contributed by atoms with E-state index in [1.165, 1.54) is 0 Å². The summed E-state index contributed by atoms with van der Waals surface area (Å²) in [5.74, 6) is -0.781. The molecule has 6 nitrogen and oxygen atoms in total. The lowest BCUT2D eigenvalue weighted by Gasteiger charge is -2.04. The zero-order chi connectivity index (χ0) is 14.8. The van der Waals surface area contributed by atoms with Crippen LogP contribution in [0, 0.1) is 0 Å². The number of esters is 1. The minimum atomic E-state index is -0.496. The maximum absolute atomic E-state index is 11.8. The molecule has 1 aromatic heterocycles. The molecule has 0 aromatic carbocycles. The standard InChI is InChI=1S/C13H20N2O4S/c1-3-7-18-8-5-6-14-11(16)10-9-20-12(15-10)13(17)19-4-2/h9H,3-8H2,1-2H3,(H,14,16). The van der Waals surface area contributed by atoms with Gasteiger partial charge in [-0.15, -0.1) is 11.3 Å². The van der Waals surface area contributed by atoms with Crippen molar-refractivity contribution in [3.05, 3.63) is 16.1 Å². The van der Waals surface area contributed by atoms with E-state index < -0.39 is 5.97 Å². The van der Waals surface area contributed by atoms with Crippen molar-refractivity contribution in [1.29, 1.82) is 0 Å². The third-order valence-corrected chi connectivity index (χ3v) is 3.11. The van der Waals surface area contributed by atoms with E-state index in [9.17, 15) is 9.59 Å². The Hall–Kier alpha value is -1.47. The first-order valence-corrected chi connectivity index (χ1v) is 7.55. The molecule has 0 bridgehead atoms. The lowest BCUT2D eigenvalue weighted by molar-refractivity contribution is 0.0526. The second-order valence-electron chi connectivity index (χ2n) is 3.98. The second-order valence-corrected chi connectivity index (χ2v) is 4.84. The molecule has 1 N–H and O–H groups in total. The molecule has 0 atom stereocenters. The van der Waals surface area contributed by atoms with Crippen molar-refractivity contribution in [2.75, 3.05) is 26.4 Å². The van der Waals surface area contributed by atoms with E-state index >= 15 is 0 Å². The monoisotopic (exact) mass is 300 g/mol. The van der Waals surface area contributed by atoms with Gasteiger partial charge in [0, 0.05) is 25.1 Å². The summed E-state index contributed by atoms with van der Waals surface area (Å²) in [5, 5.41) is 4.48. The number of thiazole rings is 1. The predicted molar refractivity (Wildman–Crippen MR) is 76.1 cm³/mol. The van der Waals surface area contributed by atoms with Crippen LogP contribution in [-0.2, 0) is 9.47 Å². The minimum Gasteiger partial charge on any atom is -0.461 e. The molecular formula is C13H20N2O4S. The zero-order valence-corrected chi connectivity index (χ0v) is 12.6. The number of carbonyl (C=O) groups is 2. The molecule has 0 radical (unpaired) electrons. The highest BCUT2D eigenvalue weighted by atomic mass is 32.1. The first-order chi connectivity index (χ1) is 9.69. The minimum absolute atomic E-state index is 0.197. The number of rotatable bonds is 9. The Morgan fingerprint density at radius 3 is 2.85 bits per heavy atom. The van der Waals surface area contributed by atoms with Crippen molar-refractivity contribution >= 4 is 23.2 Å². The zero-order valence-electron chi connectivity index (χ0n) is 11.8. The summed E-state index contributed by atoms with van der Waals surface area (Å²) < 4.78 is 10.1. The van der Waals surface area contributed by atoms with E-state index in [1.54, 1.807) is 12.3 Å². The summed E-state index contributed by atoms with van der Waals surface area (Å²) in [4.78, 5) is 27.1. The quantitative estimate of drug-likeness (QED) is 0.556. The first-order valence-electron chi connectivity index (χ1n) is 6.67. The number of carbonyl (C=O) groups excluding carboxylic acids is 2. The number of nitrogens with zero attached hydrogens (tertiary/aromatic N) is 1. The topological polar surface area (TPSA) is 77.5 Å². The molecule has 0 fully saturated rings. The fraction of sp³-hybridized carbons (Fsp3) is 0.615. The molecule has 1 heterocycles. The van der Waals surface area contributed by atoms with E-state index in [-0.39, 0.29) is 23.2 Å². The second kappa shape index (κ2) is 9.44. The van der Waals surface area contributed by atoms with Gasteiger partial charge in [0.1, 0.15) is 5.69 Å². The lowest BCUT2D eigenvalue weighted by atomic mass is 10.4. The van der Waals surface area contributed by atoms with Gasteiger partial charge in [0.15, 0.2) is 0 Å². The maximum atomic E-state index is 11.8. The van der Waals surface area contributed by atoms with Gasteiger partial charge in [-0.25, -0.2) is 9.78 Å². The van der Waals surface area contributed by atoms with Crippen LogP contribution in [0.4, 0.5) is 0 Å². The van der Waals surface area contributed by atoms with Crippen LogP contribution in [0.25, 0.3) is 0 Å². The van der Waals surface area contributed by atoms with Gasteiger partial charge in [-0.05, 0) is 19.8 Å². The summed E-state index contributed by atoms with van der Waals surface area (Å²) in [7, 11) is 0. The van der Waals surface area contributed by atoms with Gasteiger partial charge in [-0.3, -0.25) is 4.79 Å². The largest absolute Gasteiger partial charge is 0.461 e. The molecule has 1 rings (SSSR count). The van der Waals surface area contributed by atoms with Gasteiger partial charge in [-0.1, -0.05) is 6.92 Å². The first kappa shape index (κ1) is 16.6. The maximum Gasteiger partial charge on any atom is 0.367 e. The molecule has 0 saturated heterocycles. The van der Waals surface area contributed by atoms with Crippen molar-refractivity contribution in [2.45, 2.75) is 26.7 Å². The Balaban J connectivity index is 2.31. The Bertz CT molecular complexity index is 434. The highest BCUT2D eigenvalue weighted by Gasteiger charge is 2.15. The van der Waals surface area contributed by atoms with Crippen LogP contribution in [0.3, 0.4) is 0 Å². The molecule has 0 saturated carbocycles. The van der Waals surface area contributed by atoms with E-state index in [4.69, 9.17) is 9.47 Å². The van der Waals surface area contributed by atoms with Crippen LogP contribution in [0.2, 0.25) is 0 Å². The Morgan fingerprint density at radius 2 is 2.15 bits per heavy atom. The number of hydrogen-bond donors (Lipinski definition) is 1. The fourth-order valence-corrected chi connectivity index (χ4v) is 2.07. The van der Waals surface area contributed by atoms with Crippen molar-refractivity contribution in [2.24, 2.45) is 0 Å². The van der Waals surface area contributed by atoms with E-state index in [2.05, 4.69) is 10.3 Å². The average molecular weight is 300 g/mol. The predicted octanol–water partition coefficient (Wildman–Crippen LogP) is 1.87. The molecule has 0 aliphatic rings. The molecule has 0 unspecified atom stereocenters. The summed E-state index contributed by atoms with van der Waals surface area (Å²) in [6.45, 7) is 5.94. The van der Waals surface area contributed by atoms with Crippen LogP contribution >= 0.6 is 11.3 Å². The van der Waals surface area contributed by atoms with Crippen LogP contribution in [0.15, 0.2) is 5.38 Å². The highest BCUT2D eigenvalue weighted by Crippen LogP contribution is 2.11. The summed E-state index contributed by atoms with van der Waals surface area (Å²) >= 11 is 1.11. The molecule has 0 aliphatic heterocycles. The molecule has 20 heavy (non-hydrogen) atoms. The van der Waals surface area contributed by atoms with Gasteiger partial charge < -0.3 is 14.8 Å². The van der Waals surface area contributed by atoms with Gasteiger partial charge >= 0.3 is 5.97 Å². The van der Waals surface area contributed by atoms with Gasteiger partial charge in [0.2, 0.25) is 5.01 Å². The summed E-state index contributed by atoms with van der Waals surface area (Å²) in [6, 6.07) is 0. The number of hydrogen-bond acceptors (Lipinski definition) is 6. The van der Waals surface area contributed by atoms with Crippen molar-refractivity contribution in [3.63, 3.8) is 0 Å². The molecular weight excluding hydrogens is 280 g/mol. The van der Waals surface area contributed by atoms with Crippen LogP contribution in [0.5, 0.6) is 0 Å². The molecule has 7 heteroatoms. The summed E-state index contributed by atoms with van der Waals surface area (Å²) in [6.07, 6.45) is 1.74. The number of amides is 1. The Labute approximate surface area is 122 Å². The number of nitrogens with one attached hydrogen (secondary N) is 1. The smallest absolute Gasteiger partial charge is 0.367 e. The van der Waals surface area contributed by atoms with Gasteiger partial charge in [0.25, 0.3) is 5.91 Å². The lowest BCUT2D eigenvalue weighted by Crippen LogP contribution is -2.25. The Morgan fingerprint density at radius 1 is 1.35 bits per heavy atom. The molecule has 1 aromatic rings. The number of aromatic nitrogens is 1. The third-order valence-electron chi connectivity index (χ3n) is 2.29. The number of ether oxygens (including phenoxy) is 2. The third kappa shape index (κ3) is 5.66. The highest BCUT2D eigenvalue weighted by molar-refractivity contribution is 7.11. The van der Waals surface area contributed by atoms with Crippen LogP contribution in [-0.4, -0.2) is 43.2 Å². The molecule has 112 valence electrons. The SMILES string of the molecule is CCCOCCCNC(=O)c1csc(C(=O)OCC)n1. The fourth-order valence-electron chi connectivity index (χ4n) is 1.38. The average Bonchev–Trinajstić information content (AvgIpc) is 2.92. The van der Waals surface area contributed by atoms with Crippen LogP contribution in [0.1, 0.15) is 47.0 Å². The van der Waals surface area contributed by atoms with Crippen LogP contribution < -0.4 is 5.32 Å². The van der Waals surface area contributed by atoms with Crippen molar-refractivity contribution in [3.8, 4) is 0 Å². The van der Waals surface area contributed by atoms with E-state index in [0.29, 0.717) is 13.2 Å². The van der Waals surface area contributed by atoms with E-state index in [0.717, 1.165) is 30.8 Å². The Kier molecular flexibility index (Phi) is 7.82. The van der Waals surface area contributed by atoms with Gasteiger partial charge in [0.05, 0.1) is 6.61 Å². The molecule has 1 amide bonds. The van der Waals surface area contributed by atoms with E-state index in [1.807, 2.05) is 6.92 Å².